The van der Waals surface area contributed by atoms with Gasteiger partial charge in [-0.3, -0.25) is 9.69 Å². The molecule has 1 amide bonds. The zero-order valence-corrected chi connectivity index (χ0v) is 8.45. The maximum absolute atomic E-state index is 10.6. The van der Waals surface area contributed by atoms with Crippen LogP contribution in [-0.4, -0.2) is 61.6 Å². The summed E-state index contributed by atoms with van der Waals surface area (Å²) in [6.45, 7) is 5.55. The zero-order valence-electron chi connectivity index (χ0n) is 8.45. The van der Waals surface area contributed by atoms with Crippen molar-refractivity contribution < 1.29 is 9.53 Å². The van der Waals surface area contributed by atoms with Gasteiger partial charge in [-0.2, -0.15) is 0 Å². The molecular weight excluding hydrogens is 180 g/mol. The average Bonchev–Trinajstić information content (AvgIpc) is 2.67. The fourth-order valence-corrected chi connectivity index (χ4v) is 2.23. The lowest BCUT2D eigenvalue weighted by molar-refractivity contribution is 0.0306. The fourth-order valence-electron chi connectivity index (χ4n) is 2.23. The van der Waals surface area contributed by atoms with Crippen LogP contribution in [0.25, 0.3) is 0 Å². The highest BCUT2D eigenvalue weighted by atomic mass is 16.5. The summed E-state index contributed by atoms with van der Waals surface area (Å²) >= 11 is 0. The van der Waals surface area contributed by atoms with E-state index in [1.807, 2.05) is 11.3 Å². The van der Waals surface area contributed by atoms with Crippen molar-refractivity contribution in [2.24, 2.45) is 0 Å². The van der Waals surface area contributed by atoms with Gasteiger partial charge in [-0.15, -0.1) is 0 Å². The number of nitrogens with zero attached hydrogens (tertiary/aromatic N) is 2. The van der Waals surface area contributed by atoms with Crippen molar-refractivity contribution in [3.8, 4) is 0 Å². The van der Waals surface area contributed by atoms with Crippen molar-refractivity contribution in [3.05, 3.63) is 0 Å². The van der Waals surface area contributed by atoms with Crippen LogP contribution in [0.3, 0.4) is 0 Å². The second-order valence-electron chi connectivity index (χ2n) is 3.99. The summed E-state index contributed by atoms with van der Waals surface area (Å²) in [4.78, 5) is 14.8. The fraction of sp³-hybridized carbons (Fsp3) is 0.900. The first-order valence-corrected chi connectivity index (χ1v) is 5.34. The third-order valence-electron chi connectivity index (χ3n) is 3.07. The van der Waals surface area contributed by atoms with Gasteiger partial charge < -0.3 is 9.64 Å². The molecule has 2 fully saturated rings. The van der Waals surface area contributed by atoms with E-state index in [4.69, 9.17) is 4.74 Å². The van der Waals surface area contributed by atoms with Crippen molar-refractivity contribution in [2.75, 3.05) is 39.4 Å². The largest absolute Gasteiger partial charge is 0.379 e. The van der Waals surface area contributed by atoms with Crippen LogP contribution in [0.15, 0.2) is 0 Å². The van der Waals surface area contributed by atoms with E-state index in [1.165, 1.54) is 0 Å². The number of rotatable bonds is 3. The van der Waals surface area contributed by atoms with Crippen molar-refractivity contribution in [1.29, 1.82) is 0 Å². The summed E-state index contributed by atoms with van der Waals surface area (Å²) in [6.07, 6.45) is 4.29. The lowest BCUT2D eigenvalue weighted by atomic mass is 10.2. The van der Waals surface area contributed by atoms with Gasteiger partial charge in [0.05, 0.1) is 13.2 Å². The molecule has 2 saturated heterocycles. The Kier molecular flexibility index (Phi) is 3.37. The molecule has 2 heterocycles. The van der Waals surface area contributed by atoms with Crippen molar-refractivity contribution >= 4 is 6.41 Å². The Labute approximate surface area is 84.8 Å². The van der Waals surface area contributed by atoms with Gasteiger partial charge in [0.1, 0.15) is 0 Å². The Hall–Kier alpha value is -0.610. The van der Waals surface area contributed by atoms with Crippen LogP contribution < -0.4 is 0 Å². The zero-order chi connectivity index (χ0) is 9.80. The van der Waals surface area contributed by atoms with Gasteiger partial charge in [0.25, 0.3) is 0 Å². The van der Waals surface area contributed by atoms with E-state index >= 15 is 0 Å². The van der Waals surface area contributed by atoms with Gasteiger partial charge in [-0.25, -0.2) is 0 Å². The first-order chi connectivity index (χ1) is 6.90. The molecule has 1 unspecified atom stereocenters. The molecule has 0 aromatic rings. The summed E-state index contributed by atoms with van der Waals surface area (Å²) in [5.74, 6) is 0. The molecule has 2 aliphatic heterocycles. The molecule has 0 aromatic carbocycles. The molecule has 0 bridgehead atoms. The minimum absolute atomic E-state index is 0.394. The Morgan fingerprint density at radius 2 is 2.07 bits per heavy atom. The molecule has 2 aliphatic rings. The standard InChI is InChI=1S/C10H17N2O2/c13-9-12-3-1-2-10(12)8-11-4-6-14-7-5-11/h10H,1-8H2. The van der Waals surface area contributed by atoms with Gasteiger partial charge in [-0.05, 0) is 12.8 Å². The van der Waals surface area contributed by atoms with Gasteiger partial charge in [0.2, 0.25) is 0 Å². The Morgan fingerprint density at radius 1 is 1.29 bits per heavy atom. The Balaban J connectivity index is 1.80. The summed E-state index contributed by atoms with van der Waals surface area (Å²) in [5, 5.41) is 0. The number of hydrogen-bond acceptors (Lipinski definition) is 3. The third-order valence-corrected chi connectivity index (χ3v) is 3.07. The van der Waals surface area contributed by atoms with Crippen LogP contribution >= 0.6 is 0 Å². The Bertz CT molecular complexity index is 193. The van der Waals surface area contributed by atoms with Crippen molar-refractivity contribution in [1.82, 2.24) is 9.80 Å². The maximum atomic E-state index is 10.6. The second-order valence-corrected chi connectivity index (χ2v) is 3.99. The molecule has 14 heavy (non-hydrogen) atoms. The van der Waals surface area contributed by atoms with E-state index in [0.717, 1.165) is 52.2 Å². The molecular formula is C10H17N2O2. The molecule has 0 spiro atoms. The number of likely N-dealkylation sites (tertiary alicyclic amines) is 1. The number of hydrogen-bond donors (Lipinski definition) is 0. The summed E-state index contributed by atoms with van der Waals surface area (Å²) in [5.41, 5.74) is 0. The third kappa shape index (κ3) is 2.25. The van der Waals surface area contributed by atoms with Gasteiger partial charge in [0, 0.05) is 32.2 Å². The Morgan fingerprint density at radius 3 is 2.79 bits per heavy atom. The molecule has 1 radical (unpaired) electrons. The maximum Gasteiger partial charge on any atom is 0.312 e. The topological polar surface area (TPSA) is 32.8 Å². The van der Waals surface area contributed by atoms with Gasteiger partial charge >= 0.3 is 6.41 Å². The molecule has 0 N–H and O–H groups in total. The predicted molar refractivity (Wildman–Crippen MR) is 52.7 cm³/mol. The molecule has 4 nitrogen and oxygen atoms in total. The number of amides is 1. The quantitative estimate of drug-likeness (QED) is 0.631. The monoisotopic (exact) mass is 197 g/mol. The minimum Gasteiger partial charge on any atom is -0.379 e. The first kappa shape index (κ1) is 9.93. The molecule has 0 aromatic heterocycles. The molecule has 0 saturated carbocycles. The molecule has 4 heteroatoms. The van der Waals surface area contributed by atoms with Crippen molar-refractivity contribution in [2.45, 2.75) is 18.9 Å². The molecule has 79 valence electrons. The molecule has 0 aliphatic carbocycles. The minimum atomic E-state index is 0.394. The van der Waals surface area contributed by atoms with E-state index in [2.05, 4.69) is 4.90 Å². The van der Waals surface area contributed by atoms with E-state index in [1.54, 1.807) is 0 Å². The molecule has 1 atom stereocenters. The number of ether oxygens (including phenoxy) is 1. The van der Waals surface area contributed by atoms with Crippen LogP contribution in [-0.2, 0) is 9.53 Å². The molecule has 2 rings (SSSR count). The summed E-state index contributed by atoms with van der Waals surface area (Å²) < 4.78 is 5.28. The first-order valence-electron chi connectivity index (χ1n) is 5.34. The van der Waals surface area contributed by atoms with Gasteiger partial charge in [-0.1, -0.05) is 0 Å². The highest BCUT2D eigenvalue weighted by Crippen LogP contribution is 2.16. The van der Waals surface area contributed by atoms with Crippen LogP contribution in [0.1, 0.15) is 12.8 Å². The van der Waals surface area contributed by atoms with Crippen LogP contribution in [0.5, 0.6) is 0 Å². The van der Waals surface area contributed by atoms with E-state index in [9.17, 15) is 4.79 Å². The number of carbonyl (C=O) groups excluding carboxylic acids is 1. The second kappa shape index (κ2) is 4.75. The summed E-state index contributed by atoms with van der Waals surface area (Å²) in [6, 6.07) is 0.394. The van der Waals surface area contributed by atoms with Crippen LogP contribution in [0, 0.1) is 0 Å². The highest BCUT2D eigenvalue weighted by Gasteiger charge is 2.26. The van der Waals surface area contributed by atoms with Crippen LogP contribution in [0.2, 0.25) is 0 Å². The highest BCUT2D eigenvalue weighted by molar-refractivity contribution is 5.49. The van der Waals surface area contributed by atoms with E-state index in [-0.39, 0.29) is 0 Å². The number of morpholine rings is 1. The smallest absolute Gasteiger partial charge is 0.312 e. The SMILES string of the molecule is O=[C]N1CCCC1CN1CCOCC1. The van der Waals surface area contributed by atoms with E-state index < -0.39 is 0 Å². The van der Waals surface area contributed by atoms with E-state index in [0.29, 0.717) is 6.04 Å². The lowest BCUT2D eigenvalue weighted by Crippen LogP contribution is -2.44. The summed E-state index contributed by atoms with van der Waals surface area (Å²) in [7, 11) is 0. The normalized spacial score (nSPS) is 29.4. The van der Waals surface area contributed by atoms with Gasteiger partial charge in [0.15, 0.2) is 0 Å². The lowest BCUT2D eigenvalue weighted by Gasteiger charge is -2.31. The predicted octanol–water partition coefficient (Wildman–Crippen LogP) is -0.150. The average molecular weight is 197 g/mol. The van der Waals surface area contributed by atoms with Crippen LogP contribution in [0.4, 0.5) is 0 Å². The van der Waals surface area contributed by atoms with Crippen molar-refractivity contribution in [3.63, 3.8) is 0 Å².